The molecule has 0 saturated heterocycles. The van der Waals surface area contributed by atoms with Gasteiger partial charge in [0.25, 0.3) is 0 Å². The molecule has 1 N–H and O–H groups in total. The minimum atomic E-state index is 0.247. The van der Waals surface area contributed by atoms with Gasteiger partial charge in [-0.05, 0) is 24.3 Å². The van der Waals surface area contributed by atoms with Crippen LogP contribution >= 0.6 is 15.9 Å². The fraction of sp³-hybridized carbons (Fsp3) is 0. The van der Waals surface area contributed by atoms with Gasteiger partial charge in [0.15, 0.2) is 0 Å². The fourth-order valence-corrected chi connectivity index (χ4v) is 2.18. The number of rotatable bonds is 1. The highest BCUT2D eigenvalue weighted by molar-refractivity contribution is 9.10. The standard InChI is InChI=1S/C13H9BrN2O/c14-10-4-5-16-11(7-10)8-15-13(16)9-2-1-3-12(17)6-9/h1-8,17H. The number of phenols is 1. The number of halogens is 1. The van der Waals surface area contributed by atoms with Crippen LogP contribution in [0.5, 0.6) is 5.75 Å². The van der Waals surface area contributed by atoms with Gasteiger partial charge in [-0.25, -0.2) is 4.98 Å². The third kappa shape index (κ3) is 1.80. The Kier molecular flexibility index (Phi) is 2.37. The van der Waals surface area contributed by atoms with Crippen molar-refractivity contribution in [3.8, 4) is 17.1 Å². The van der Waals surface area contributed by atoms with Crippen LogP contribution < -0.4 is 0 Å². The molecule has 0 aliphatic rings. The van der Waals surface area contributed by atoms with Crippen molar-refractivity contribution in [2.24, 2.45) is 0 Å². The first-order valence-corrected chi connectivity index (χ1v) is 5.95. The lowest BCUT2D eigenvalue weighted by Crippen LogP contribution is -1.88. The average Bonchev–Trinajstić information content (AvgIpc) is 2.71. The fourth-order valence-electron chi connectivity index (χ4n) is 1.83. The molecular formula is C13H9BrN2O. The molecule has 4 heteroatoms. The molecule has 2 aromatic heterocycles. The summed E-state index contributed by atoms with van der Waals surface area (Å²) in [6.07, 6.45) is 3.76. The Morgan fingerprint density at radius 2 is 2.06 bits per heavy atom. The summed E-state index contributed by atoms with van der Waals surface area (Å²) in [7, 11) is 0. The van der Waals surface area contributed by atoms with E-state index in [9.17, 15) is 5.11 Å². The van der Waals surface area contributed by atoms with Crippen LogP contribution in [0.3, 0.4) is 0 Å². The number of hydrogen-bond acceptors (Lipinski definition) is 2. The van der Waals surface area contributed by atoms with Crippen molar-refractivity contribution in [2.75, 3.05) is 0 Å². The quantitative estimate of drug-likeness (QED) is 0.744. The number of imidazole rings is 1. The summed E-state index contributed by atoms with van der Waals surface area (Å²) in [5.74, 6) is 1.07. The Morgan fingerprint density at radius 1 is 1.18 bits per heavy atom. The van der Waals surface area contributed by atoms with E-state index in [4.69, 9.17) is 0 Å². The van der Waals surface area contributed by atoms with E-state index in [0.29, 0.717) is 0 Å². The van der Waals surface area contributed by atoms with Gasteiger partial charge in [-0.3, -0.25) is 4.40 Å². The lowest BCUT2D eigenvalue weighted by molar-refractivity contribution is 0.475. The number of aromatic hydroxyl groups is 1. The molecule has 0 saturated carbocycles. The zero-order valence-corrected chi connectivity index (χ0v) is 10.4. The van der Waals surface area contributed by atoms with Crippen LogP contribution in [0.1, 0.15) is 0 Å². The van der Waals surface area contributed by atoms with Crippen molar-refractivity contribution in [3.63, 3.8) is 0 Å². The number of benzene rings is 1. The molecule has 1 aromatic carbocycles. The molecule has 0 aliphatic carbocycles. The second kappa shape index (κ2) is 3.89. The molecule has 0 atom stereocenters. The van der Waals surface area contributed by atoms with Crippen LogP contribution in [-0.4, -0.2) is 14.5 Å². The Balaban J connectivity index is 2.24. The van der Waals surface area contributed by atoms with Gasteiger partial charge in [0, 0.05) is 16.2 Å². The maximum absolute atomic E-state index is 9.48. The van der Waals surface area contributed by atoms with Crippen molar-refractivity contribution in [2.45, 2.75) is 0 Å². The molecule has 3 nitrogen and oxygen atoms in total. The van der Waals surface area contributed by atoms with Gasteiger partial charge in [0.05, 0.1) is 11.7 Å². The van der Waals surface area contributed by atoms with Crippen LogP contribution in [0.4, 0.5) is 0 Å². The molecule has 0 spiro atoms. The van der Waals surface area contributed by atoms with Gasteiger partial charge in [0.2, 0.25) is 0 Å². The third-order valence-electron chi connectivity index (χ3n) is 2.60. The maximum Gasteiger partial charge on any atom is 0.144 e. The van der Waals surface area contributed by atoms with Crippen LogP contribution in [0.25, 0.3) is 16.9 Å². The van der Waals surface area contributed by atoms with E-state index in [0.717, 1.165) is 21.4 Å². The lowest BCUT2D eigenvalue weighted by Gasteiger charge is -2.02. The van der Waals surface area contributed by atoms with Gasteiger partial charge >= 0.3 is 0 Å². The zero-order chi connectivity index (χ0) is 11.8. The van der Waals surface area contributed by atoms with E-state index < -0.39 is 0 Å². The van der Waals surface area contributed by atoms with Crippen molar-refractivity contribution < 1.29 is 5.11 Å². The first-order valence-electron chi connectivity index (χ1n) is 5.16. The van der Waals surface area contributed by atoms with E-state index in [1.165, 1.54) is 0 Å². The summed E-state index contributed by atoms with van der Waals surface area (Å²) < 4.78 is 3.01. The van der Waals surface area contributed by atoms with Crippen LogP contribution in [0.15, 0.2) is 53.3 Å². The monoisotopic (exact) mass is 288 g/mol. The maximum atomic E-state index is 9.48. The number of pyridine rings is 1. The van der Waals surface area contributed by atoms with E-state index in [1.54, 1.807) is 12.1 Å². The summed E-state index contributed by atoms with van der Waals surface area (Å²) in [5, 5.41) is 9.48. The predicted molar refractivity (Wildman–Crippen MR) is 70.0 cm³/mol. The normalized spacial score (nSPS) is 10.9. The summed E-state index contributed by atoms with van der Waals surface area (Å²) in [6.45, 7) is 0. The second-order valence-corrected chi connectivity index (χ2v) is 4.69. The number of nitrogens with zero attached hydrogens (tertiary/aromatic N) is 2. The highest BCUT2D eigenvalue weighted by atomic mass is 79.9. The number of aromatic nitrogens is 2. The summed E-state index contributed by atoms with van der Waals surface area (Å²) in [4.78, 5) is 4.38. The summed E-state index contributed by atoms with van der Waals surface area (Å²) >= 11 is 3.43. The molecule has 3 rings (SSSR count). The smallest absolute Gasteiger partial charge is 0.144 e. The van der Waals surface area contributed by atoms with Crippen molar-refractivity contribution >= 4 is 21.4 Å². The molecule has 0 unspecified atom stereocenters. The second-order valence-electron chi connectivity index (χ2n) is 3.77. The Bertz CT molecular complexity index is 691. The zero-order valence-electron chi connectivity index (χ0n) is 8.84. The SMILES string of the molecule is Oc1cccc(-c2ncc3cc(Br)ccn23)c1. The van der Waals surface area contributed by atoms with Gasteiger partial charge in [-0.15, -0.1) is 0 Å². The molecular weight excluding hydrogens is 280 g/mol. The van der Waals surface area contributed by atoms with Gasteiger partial charge in [-0.1, -0.05) is 28.1 Å². The van der Waals surface area contributed by atoms with Gasteiger partial charge < -0.3 is 5.11 Å². The first-order chi connectivity index (χ1) is 8.24. The highest BCUT2D eigenvalue weighted by Crippen LogP contribution is 2.24. The molecule has 0 amide bonds. The minimum Gasteiger partial charge on any atom is -0.508 e. The summed E-state index contributed by atoms with van der Waals surface area (Å²) in [5.41, 5.74) is 1.91. The largest absolute Gasteiger partial charge is 0.508 e. The van der Waals surface area contributed by atoms with Gasteiger partial charge in [0.1, 0.15) is 11.6 Å². The number of hydrogen-bond donors (Lipinski definition) is 1. The van der Waals surface area contributed by atoms with Crippen LogP contribution in [-0.2, 0) is 0 Å². The lowest BCUT2D eigenvalue weighted by atomic mass is 10.2. The van der Waals surface area contributed by atoms with E-state index in [1.807, 2.05) is 41.1 Å². The Morgan fingerprint density at radius 3 is 2.88 bits per heavy atom. The highest BCUT2D eigenvalue weighted by Gasteiger charge is 2.06. The molecule has 17 heavy (non-hydrogen) atoms. The van der Waals surface area contributed by atoms with Crippen molar-refractivity contribution in [3.05, 3.63) is 53.3 Å². The van der Waals surface area contributed by atoms with E-state index in [2.05, 4.69) is 20.9 Å². The Hall–Kier alpha value is -1.81. The third-order valence-corrected chi connectivity index (χ3v) is 3.09. The molecule has 0 bridgehead atoms. The topological polar surface area (TPSA) is 37.5 Å². The number of phenolic OH excluding ortho intramolecular Hbond substituents is 1. The van der Waals surface area contributed by atoms with E-state index >= 15 is 0 Å². The van der Waals surface area contributed by atoms with E-state index in [-0.39, 0.29) is 5.75 Å². The van der Waals surface area contributed by atoms with Gasteiger partial charge in [-0.2, -0.15) is 0 Å². The molecule has 0 radical (unpaired) electrons. The number of fused-ring (bicyclic) bond motifs is 1. The van der Waals surface area contributed by atoms with Crippen LogP contribution in [0.2, 0.25) is 0 Å². The van der Waals surface area contributed by atoms with Crippen LogP contribution in [0, 0.1) is 0 Å². The minimum absolute atomic E-state index is 0.247. The molecule has 0 aliphatic heterocycles. The summed E-state index contributed by atoms with van der Waals surface area (Å²) in [6, 6.07) is 11.0. The Labute approximate surface area is 106 Å². The van der Waals surface area contributed by atoms with Crippen molar-refractivity contribution in [1.82, 2.24) is 9.38 Å². The van der Waals surface area contributed by atoms with Crippen molar-refractivity contribution in [1.29, 1.82) is 0 Å². The average molecular weight is 289 g/mol. The first kappa shape index (κ1) is 10.4. The molecule has 84 valence electrons. The predicted octanol–water partition coefficient (Wildman–Crippen LogP) is 3.47. The molecule has 0 fully saturated rings. The molecule has 3 aromatic rings. The molecule has 2 heterocycles.